The predicted octanol–water partition coefficient (Wildman–Crippen LogP) is 1.93. The van der Waals surface area contributed by atoms with E-state index in [2.05, 4.69) is 0 Å². The largest absolute Gasteiger partial charge is 0.283 e. The zero-order valence-electron chi connectivity index (χ0n) is 11.5. The van der Waals surface area contributed by atoms with Crippen LogP contribution >= 0.6 is 23.2 Å². The van der Waals surface area contributed by atoms with Gasteiger partial charge >= 0.3 is 0 Å². The molecular weight excluding hydrogens is 333 g/mol. The number of carbonyl (C=O) groups excluding carboxylic acids is 2. The van der Waals surface area contributed by atoms with Crippen LogP contribution in [0.25, 0.3) is 0 Å². The van der Waals surface area contributed by atoms with E-state index in [4.69, 9.17) is 23.2 Å². The standard InChI is InChI=1S/C13H13Cl2N3O4/c14-4-6-16(7-5-15)8-17-12(19)9-2-1-3-10(18(21)22)11(9)13(17)20/h1-3H,4-8H2. The van der Waals surface area contributed by atoms with Crippen molar-refractivity contribution in [3.05, 3.63) is 39.4 Å². The average molecular weight is 346 g/mol. The van der Waals surface area contributed by atoms with E-state index in [1.165, 1.54) is 18.2 Å². The first-order chi connectivity index (χ1) is 10.5. The van der Waals surface area contributed by atoms with Crippen LogP contribution in [0, 0.1) is 10.1 Å². The van der Waals surface area contributed by atoms with E-state index < -0.39 is 16.7 Å². The van der Waals surface area contributed by atoms with E-state index in [9.17, 15) is 19.7 Å². The zero-order valence-corrected chi connectivity index (χ0v) is 13.0. The summed E-state index contributed by atoms with van der Waals surface area (Å²) in [6.07, 6.45) is 0. The average Bonchev–Trinajstić information content (AvgIpc) is 2.73. The third-order valence-electron chi connectivity index (χ3n) is 3.32. The predicted molar refractivity (Wildman–Crippen MR) is 81.5 cm³/mol. The Morgan fingerprint density at radius 2 is 1.77 bits per heavy atom. The monoisotopic (exact) mass is 345 g/mol. The smallest absolute Gasteiger partial charge is 0.282 e. The highest BCUT2D eigenvalue weighted by molar-refractivity contribution is 6.23. The molecule has 1 aliphatic rings. The molecule has 0 aromatic heterocycles. The van der Waals surface area contributed by atoms with Gasteiger partial charge in [-0.2, -0.15) is 0 Å². The molecule has 0 saturated heterocycles. The van der Waals surface area contributed by atoms with Crippen molar-refractivity contribution in [1.82, 2.24) is 9.80 Å². The molecule has 0 N–H and O–H groups in total. The van der Waals surface area contributed by atoms with E-state index in [-0.39, 0.29) is 23.5 Å². The van der Waals surface area contributed by atoms with Crippen LogP contribution in [0.1, 0.15) is 20.7 Å². The molecule has 1 aliphatic heterocycles. The fourth-order valence-electron chi connectivity index (χ4n) is 2.29. The Balaban J connectivity index is 2.31. The first-order valence-electron chi connectivity index (χ1n) is 6.49. The minimum Gasteiger partial charge on any atom is -0.283 e. The minimum absolute atomic E-state index is 0.00292. The topological polar surface area (TPSA) is 83.8 Å². The molecule has 2 amide bonds. The van der Waals surface area contributed by atoms with Gasteiger partial charge in [0.25, 0.3) is 17.5 Å². The lowest BCUT2D eigenvalue weighted by Gasteiger charge is -2.25. The number of nitrogens with zero attached hydrogens (tertiary/aromatic N) is 3. The zero-order chi connectivity index (χ0) is 16.3. The SMILES string of the molecule is O=C1c2cccc([N+](=O)[O-])c2C(=O)N1CN(CCCl)CCCl. The van der Waals surface area contributed by atoms with Gasteiger partial charge < -0.3 is 0 Å². The molecule has 1 aromatic rings. The molecule has 0 unspecified atom stereocenters. The number of alkyl halides is 2. The molecule has 0 bridgehead atoms. The molecule has 0 radical (unpaired) electrons. The van der Waals surface area contributed by atoms with Crippen LogP contribution in [0.5, 0.6) is 0 Å². The van der Waals surface area contributed by atoms with Gasteiger partial charge in [0.2, 0.25) is 0 Å². The van der Waals surface area contributed by atoms with Crippen molar-refractivity contribution in [2.75, 3.05) is 31.5 Å². The van der Waals surface area contributed by atoms with Crippen molar-refractivity contribution in [1.29, 1.82) is 0 Å². The third-order valence-corrected chi connectivity index (χ3v) is 3.65. The third kappa shape index (κ3) is 3.06. The lowest BCUT2D eigenvalue weighted by molar-refractivity contribution is -0.385. The lowest BCUT2D eigenvalue weighted by atomic mass is 10.1. The van der Waals surface area contributed by atoms with Crippen molar-refractivity contribution >= 4 is 40.7 Å². The summed E-state index contributed by atoms with van der Waals surface area (Å²) in [6, 6.07) is 4.01. The first-order valence-corrected chi connectivity index (χ1v) is 7.56. The molecule has 1 aromatic carbocycles. The van der Waals surface area contributed by atoms with Gasteiger partial charge in [-0.1, -0.05) is 6.07 Å². The van der Waals surface area contributed by atoms with Gasteiger partial charge in [0.1, 0.15) is 5.56 Å². The summed E-state index contributed by atoms with van der Waals surface area (Å²) in [5, 5.41) is 11.0. The number of rotatable bonds is 7. The quantitative estimate of drug-likeness (QED) is 0.326. The Labute approximate surface area is 136 Å². The summed E-state index contributed by atoms with van der Waals surface area (Å²) < 4.78 is 0. The second kappa shape index (κ2) is 7.04. The molecule has 7 nitrogen and oxygen atoms in total. The highest BCUT2D eigenvalue weighted by Crippen LogP contribution is 2.30. The molecule has 2 rings (SSSR count). The summed E-state index contributed by atoms with van der Waals surface area (Å²) in [7, 11) is 0. The Kier molecular flexibility index (Phi) is 5.33. The number of benzene rings is 1. The number of amides is 2. The first kappa shape index (κ1) is 16.7. The van der Waals surface area contributed by atoms with Crippen molar-refractivity contribution < 1.29 is 14.5 Å². The number of halogens is 2. The fraction of sp³-hybridized carbons (Fsp3) is 0.385. The minimum atomic E-state index is -0.665. The van der Waals surface area contributed by atoms with Gasteiger partial charge in [-0.3, -0.25) is 29.5 Å². The van der Waals surface area contributed by atoms with Crippen LogP contribution in [0.2, 0.25) is 0 Å². The molecule has 9 heteroatoms. The van der Waals surface area contributed by atoms with Gasteiger partial charge in [-0.15, -0.1) is 23.2 Å². The fourth-order valence-corrected chi connectivity index (χ4v) is 2.77. The highest BCUT2D eigenvalue weighted by Gasteiger charge is 2.41. The van der Waals surface area contributed by atoms with Crippen molar-refractivity contribution in [2.24, 2.45) is 0 Å². The number of hydrogen-bond donors (Lipinski definition) is 0. The lowest BCUT2D eigenvalue weighted by Crippen LogP contribution is -2.42. The van der Waals surface area contributed by atoms with E-state index in [1.807, 2.05) is 0 Å². The maximum absolute atomic E-state index is 12.4. The molecular formula is C13H13Cl2N3O4. The molecule has 1 heterocycles. The van der Waals surface area contributed by atoms with Gasteiger partial charge in [0.05, 0.1) is 17.2 Å². The van der Waals surface area contributed by atoms with Crippen LogP contribution in [-0.4, -0.2) is 58.1 Å². The maximum atomic E-state index is 12.4. The Morgan fingerprint density at radius 1 is 1.14 bits per heavy atom. The number of nitro benzene ring substituents is 1. The van der Waals surface area contributed by atoms with Crippen LogP contribution in [0.15, 0.2) is 18.2 Å². The van der Waals surface area contributed by atoms with Gasteiger partial charge in [-0.25, -0.2) is 0 Å². The second-order valence-corrected chi connectivity index (χ2v) is 5.39. The molecule has 0 aliphatic carbocycles. The van der Waals surface area contributed by atoms with Gasteiger partial charge in [0.15, 0.2) is 0 Å². The molecule has 118 valence electrons. The summed E-state index contributed by atoms with van der Waals surface area (Å²) >= 11 is 11.4. The van der Waals surface area contributed by atoms with E-state index in [0.29, 0.717) is 24.8 Å². The molecule has 0 saturated carbocycles. The van der Waals surface area contributed by atoms with Crippen LogP contribution in [0.3, 0.4) is 0 Å². The summed E-state index contributed by atoms with van der Waals surface area (Å²) in [5.41, 5.74) is -0.468. The highest BCUT2D eigenvalue weighted by atomic mass is 35.5. The summed E-state index contributed by atoms with van der Waals surface area (Å²) in [5.74, 6) is -0.570. The molecule has 0 spiro atoms. The number of fused-ring (bicyclic) bond motifs is 1. The second-order valence-electron chi connectivity index (χ2n) is 4.63. The molecule has 22 heavy (non-hydrogen) atoms. The summed E-state index contributed by atoms with van der Waals surface area (Å²) in [6.45, 7) is 0.899. The normalized spacial score (nSPS) is 13.9. The van der Waals surface area contributed by atoms with Crippen molar-refractivity contribution in [3.8, 4) is 0 Å². The molecule has 0 fully saturated rings. The Morgan fingerprint density at radius 3 is 2.32 bits per heavy atom. The van der Waals surface area contributed by atoms with Gasteiger partial charge in [0, 0.05) is 30.9 Å². The maximum Gasteiger partial charge on any atom is 0.282 e. The van der Waals surface area contributed by atoms with Crippen LogP contribution in [-0.2, 0) is 0 Å². The summed E-state index contributed by atoms with van der Waals surface area (Å²) in [4.78, 5) is 37.8. The van der Waals surface area contributed by atoms with Crippen LogP contribution in [0.4, 0.5) is 5.69 Å². The Hall–Kier alpha value is -1.70. The van der Waals surface area contributed by atoms with E-state index >= 15 is 0 Å². The number of hydrogen-bond acceptors (Lipinski definition) is 5. The van der Waals surface area contributed by atoms with Crippen molar-refractivity contribution in [2.45, 2.75) is 0 Å². The Bertz CT molecular complexity index is 617. The number of nitro groups is 1. The van der Waals surface area contributed by atoms with Gasteiger partial charge in [-0.05, 0) is 6.07 Å². The van der Waals surface area contributed by atoms with Crippen LogP contribution < -0.4 is 0 Å². The molecule has 0 atom stereocenters. The van der Waals surface area contributed by atoms with Crippen molar-refractivity contribution in [3.63, 3.8) is 0 Å². The van der Waals surface area contributed by atoms with E-state index in [1.54, 1.807) is 4.90 Å². The van der Waals surface area contributed by atoms with E-state index in [0.717, 1.165) is 4.90 Å². The number of carbonyl (C=O) groups is 2. The number of imide groups is 1.